The van der Waals surface area contributed by atoms with Crippen LogP contribution in [0.5, 0.6) is 0 Å². The molecule has 1 unspecified atom stereocenters. The smallest absolute Gasteiger partial charge is 0.222 e. The molecular weight excluding hydrogens is 264 g/mol. The fourth-order valence-corrected chi connectivity index (χ4v) is 2.91. The van der Waals surface area contributed by atoms with Crippen LogP contribution < -0.4 is 5.73 Å². The van der Waals surface area contributed by atoms with Crippen molar-refractivity contribution in [3.05, 3.63) is 0 Å². The third kappa shape index (κ3) is 7.82. The number of hydrogen-bond donors (Lipinski definition) is 1. The maximum Gasteiger partial charge on any atom is 0.222 e. The molecule has 0 aliphatic rings. The van der Waals surface area contributed by atoms with Crippen LogP contribution in [-0.2, 0) is 9.53 Å². The number of hydrogen-bond acceptors (Lipinski definition) is 3. The Bertz CT molecular complexity index is 266. The highest BCUT2D eigenvalue weighted by Crippen LogP contribution is 2.22. The van der Waals surface area contributed by atoms with Crippen LogP contribution in [0.2, 0.25) is 0 Å². The second-order valence-corrected chi connectivity index (χ2v) is 6.17. The SMILES string of the molecule is CCC(CC)N(CCOC)C(=O)CCC(CCN)C(C)C. The molecule has 0 saturated heterocycles. The number of ether oxygens (including phenoxy) is 1. The predicted octanol–water partition coefficient (Wildman–Crippen LogP) is 3.05. The molecule has 1 atom stereocenters. The predicted molar refractivity (Wildman–Crippen MR) is 89.2 cm³/mol. The Kier molecular flexibility index (Phi) is 11.6. The molecule has 0 spiro atoms. The molecule has 0 heterocycles. The lowest BCUT2D eigenvalue weighted by molar-refractivity contribution is -0.134. The zero-order valence-electron chi connectivity index (χ0n) is 14.7. The molecule has 0 aromatic heterocycles. The molecule has 0 aromatic carbocycles. The molecule has 0 saturated carbocycles. The highest BCUT2D eigenvalue weighted by atomic mass is 16.5. The first-order valence-corrected chi connectivity index (χ1v) is 8.50. The van der Waals surface area contributed by atoms with Gasteiger partial charge in [-0.15, -0.1) is 0 Å². The molecule has 0 aromatic rings. The minimum absolute atomic E-state index is 0.267. The van der Waals surface area contributed by atoms with Crippen molar-refractivity contribution < 1.29 is 9.53 Å². The van der Waals surface area contributed by atoms with Gasteiger partial charge in [-0.05, 0) is 44.1 Å². The van der Waals surface area contributed by atoms with Gasteiger partial charge < -0.3 is 15.4 Å². The van der Waals surface area contributed by atoms with Gasteiger partial charge in [-0.3, -0.25) is 4.79 Å². The van der Waals surface area contributed by atoms with Crippen LogP contribution in [0.15, 0.2) is 0 Å². The summed E-state index contributed by atoms with van der Waals surface area (Å²) < 4.78 is 5.15. The molecule has 2 N–H and O–H groups in total. The number of methoxy groups -OCH3 is 1. The van der Waals surface area contributed by atoms with E-state index in [1.54, 1.807) is 7.11 Å². The summed E-state index contributed by atoms with van der Waals surface area (Å²) in [6.45, 7) is 10.7. The molecule has 4 nitrogen and oxygen atoms in total. The highest BCUT2D eigenvalue weighted by molar-refractivity contribution is 5.76. The average Bonchev–Trinajstić information content (AvgIpc) is 2.47. The van der Waals surface area contributed by atoms with E-state index in [-0.39, 0.29) is 5.91 Å². The minimum Gasteiger partial charge on any atom is -0.383 e. The van der Waals surface area contributed by atoms with Crippen molar-refractivity contribution in [1.29, 1.82) is 0 Å². The highest BCUT2D eigenvalue weighted by Gasteiger charge is 2.22. The fraction of sp³-hybridized carbons (Fsp3) is 0.941. The van der Waals surface area contributed by atoms with Crippen LogP contribution in [0, 0.1) is 11.8 Å². The van der Waals surface area contributed by atoms with Crippen molar-refractivity contribution in [3.8, 4) is 0 Å². The van der Waals surface area contributed by atoms with Gasteiger partial charge in [-0.1, -0.05) is 27.7 Å². The summed E-state index contributed by atoms with van der Waals surface area (Å²) in [4.78, 5) is 14.6. The van der Waals surface area contributed by atoms with Gasteiger partial charge in [0.25, 0.3) is 0 Å². The van der Waals surface area contributed by atoms with Gasteiger partial charge in [0.2, 0.25) is 5.91 Å². The second kappa shape index (κ2) is 12.0. The molecule has 21 heavy (non-hydrogen) atoms. The van der Waals surface area contributed by atoms with Crippen LogP contribution >= 0.6 is 0 Å². The van der Waals surface area contributed by atoms with E-state index in [4.69, 9.17) is 10.5 Å². The largest absolute Gasteiger partial charge is 0.383 e. The maximum atomic E-state index is 12.6. The summed E-state index contributed by atoms with van der Waals surface area (Å²) >= 11 is 0. The Labute approximate surface area is 131 Å². The van der Waals surface area contributed by atoms with E-state index >= 15 is 0 Å². The summed E-state index contributed by atoms with van der Waals surface area (Å²) in [5.41, 5.74) is 5.68. The standard InChI is InChI=1S/C17H36N2O2/c1-6-16(7-2)19(12-13-21-5)17(20)9-8-15(10-11-18)14(3)4/h14-16H,6-13,18H2,1-5H3. The molecule has 4 heteroatoms. The van der Waals surface area contributed by atoms with Crippen molar-refractivity contribution in [2.75, 3.05) is 26.8 Å². The van der Waals surface area contributed by atoms with Gasteiger partial charge in [0.15, 0.2) is 0 Å². The van der Waals surface area contributed by atoms with Crippen molar-refractivity contribution in [1.82, 2.24) is 4.90 Å². The van der Waals surface area contributed by atoms with E-state index in [9.17, 15) is 4.79 Å². The van der Waals surface area contributed by atoms with Crippen LogP contribution in [0.4, 0.5) is 0 Å². The summed E-state index contributed by atoms with van der Waals surface area (Å²) in [6, 6.07) is 0.333. The molecule has 0 bridgehead atoms. The number of rotatable bonds is 12. The first kappa shape index (κ1) is 20.4. The van der Waals surface area contributed by atoms with E-state index in [1.807, 2.05) is 4.90 Å². The Hall–Kier alpha value is -0.610. The van der Waals surface area contributed by atoms with Crippen molar-refractivity contribution in [3.63, 3.8) is 0 Å². The average molecular weight is 300 g/mol. The Morgan fingerprint density at radius 3 is 2.24 bits per heavy atom. The third-order valence-electron chi connectivity index (χ3n) is 4.45. The molecule has 1 amide bonds. The number of nitrogens with zero attached hydrogens (tertiary/aromatic N) is 1. The lowest BCUT2D eigenvalue weighted by Crippen LogP contribution is -2.42. The van der Waals surface area contributed by atoms with Gasteiger partial charge >= 0.3 is 0 Å². The Morgan fingerprint density at radius 2 is 1.81 bits per heavy atom. The van der Waals surface area contributed by atoms with Crippen LogP contribution in [0.1, 0.15) is 59.8 Å². The van der Waals surface area contributed by atoms with Crippen LogP contribution in [0.3, 0.4) is 0 Å². The quantitative estimate of drug-likeness (QED) is 0.602. The van der Waals surface area contributed by atoms with Gasteiger partial charge in [-0.25, -0.2) is 0 Å². The summed E-state index contributed by atoms with van der Waals surface area (Å²) in [5.74, 6) is 1.40. The second-order valence-electron chi connectivity index (χ2n) is 6.17. The van der Waals surface area contributed by atoms with Gasteiger partial charge in [0.1, 0.15) is 0 Å². The van der Waals surface area contributed by atoms with Gasteiger partial charge in [0, 0.05) is 26.1 Å². The molecule has 0 rings (SSSR count). The lowest BCUT2D eigenvalue weighted by Gasteiger charge is -2.31. The van der Waals surface area contributed by atoms with E-state index in [0.29, 0.717) is 44.0 Å². The normalized spacial score (nSPS) is 13.0. The Balaban J connectivity index is 4.57. The number of carbonyl (C=O) groups excluding carboxylic acids is 1. The number of amides is 1. The van der Waals surface area contributed by atoms with E-state index < -0.39 is 0 Å². The summed E-state index contributed by atoms with van der Waals surface area (Å²) in [5, 5.41) is 0. The van der Waals surface area contributed by atoms with E-state index in [2.05, 4.69) is 27.7 Å². The topological polar surface area (TPSA) is 55.6 Å². The van der Waals surface area contributed by atoms with Crippen molar-refractivity contribution in [2.24, 2.45) is 17.6 Å². The van der Waals surface area contributed by atoms with E-state index in [1.165, 1.54) is 0 Å². The number of nitrogens with two attached hydrogens (primary N) is 1. The van der Waals surface area contributed by atoms with E-state index in [0.717, 1.165) is 25.7 Å². The zero-order chi connectivity index (χ0) is 16.3. The number of carbonyl (C=O) groups is 1. The minimum atomic E-state index is 0.267. The summed E-state index contributed by atoms with van der Waals surface area (Å²) in [7, 11) is 1.69. The lowest BCUT2D eigenvalue weighted by atomic mass is 9.88. The van der Waals surface area contributed by atoms with Gasteiger partial charge in [0.05, 0.1) is 6.61 Å². The summed E-state index contributed by atoms with van der Waals surface area (Å²) in [6.07, 6.45) is 4.58. The first-order valence-electron chi connectivity index (χ1n) is 8.50. The molecule has 0 aliphatic heterocycles. The van der Waals surface area contributed by atoms with Crippen LogP contribution in [-0.4, -0.2) is 43.7 Å². The Morgan fingerprint density at radius 1 is 1.19 bits per heavy atom. The molecule has 126 valence electrons. The van der Waals surface area contributed by atoms with Gasteiger partial charge in [-0.2, -0.15) is 0 Å². The third-order valence-corrected chi connectivity index (χ3v) is 4.45. The zero-order valence-corrected chi connectivity index (χ0v) is 14.7. The molecular formula is C17H36N2O2. The van der Waals surface area contributed by atoms with Crippen molar-refractivity contribution in [2.45, 2.75) is 65.8 Å². The maximum absolute atomic E-state index is 12.6. The first-order chi connectivity index (χ1) is 10.0. The molecule has 0 fully saturated rings. The van der Waals surface area contributed by atoms with Crippen molar-refractivity contribution >= 4 is 5.91 Å². The molecule has 0 aliphatic carbocycles. The monoisotopic (exact) mass is 300 g/mol. The fourth-order valence-electron chi connectivity index (χ4n) is 2.91. The van der Waals surface area contributed by atoms with Crippen LogP contribution in [0.25, 0.3) is 0 Å². The molecule has 0 radical (unpaired) electrons.